The number of carbonyl (C=O) groups is 1. The van der Waals surface area contributed by atoms with E-state index in [1.165, 1.54) is 25.7 Å². The third-order valence-electron chi connectivity index (χ3n) is 4.08. The number of nitrogens with zero attached hydrogens (tertiary/aromatic N) is 1. The van der Waals surface area contributed by atoms with Crippen LogP contribution in [-0.2, 0) is 4.79 Å². The van der Waals surface area contributed by atoms with Gasteiger partial charge in [0.25, 0.3) is 0 Å². The Labute approximate surface area is 103 Å². The molecule has 0 aromatic carbocycles. The van der Waals surface area contributed by atoms with Gasteiger partial charge in [-0.1, -0.05) is 12.8 Å². The maximum absolute atomic E-state index is 11.6. The fourth-order valence-corrected chi connectivity index (χ4v) is 3.25. The first kappa shape index (κ1) is 12.8. The van der Waals surface area contributed by atoms with Gasteiger partial charge in [0.1, 0.15) is 0 Å². The monoisotopic (exact) mass is 240 g/mol. The molecule has 0 aromatic heterocycles. The number of aliphatic hydroxyl groups excluding tert-OH is 1. The molecule has 4 heteroatoms. The number of aliphatic hydroxyl groups is 1. The minimum Gasteiger partial charge on any atom is -0.395 e. The van der Waals surface area contributed by atoms with Gasteiger partial charge >= 0.3 is 0 Å². The quantitative estimate of drug-likeness (QED) is 0.767. The molecule has 1 aliphatic heterocycles. The van der Waals surface area contributed by atoms with Gasteiger partial charge in [0.2, 0.25) is 5.91 Å². The maximum atomic E-state index is 11.6. The van der Waals surface area contributed by atoms with E-state index in [-0.39, 0.29) is 12.5 Å². The molecule has 1 amide bonds. The lowest BCUT2D eigenvalue weighted by molar-refractivity contribution is -0.122. The van der Waals surface area contributed by atoms with Crippen molar-refractivity contribution >= 4 is 5.91 Å². The van der Waals surface area contributed by atoms with Crippen LogP contribution in [-0.4, -0.2) is 47.7 Å². The van der Waals surface area contributed by atoms with Gasteiger partial charge in [0.15, 0.2) is 0 Å². The predicted molar refractivity (Wildman–Crippen MR) is 66.7 cm³/mol. The van der Waals surface area contributed by atoms with Gasteiger partial charge < -0.3 is 10.4 Å². The molecule has 0 spiro atoms. The summed E-state index contributed by atoms with van der Waals surface area (Å²) in [6.45, 7) is 1.74. The molecule has 1 aliphatic carbocycles. The lowest BCUT2D eigenvalue weighted by atomic mass is 10.0. The van der Waals surface area contributed by atoms with Crippen molar-refractivity contribution in [2.24, 2.45) is 0 Å². The van der Waals surface area contributed by atoms with Crippen LogP contribution in [0.5, 0.6) is 0 Å². The van der Waals surface area contributed by atoms with Crippen molar-refractivity contribution in [2.45, 2.75) is 57.0 Å². The summed E-state index contributed by atoms with van der Waals surface area (Å²) in [7, 11) is 0. The molecular weight excluding hydrogens is 216 g/mol. The van der Waals surface area contributed by atoms with Crippen LogP contribution in [0.15, 0.2) is 0 Å². The van der Waals surface area contributed by atoms with Crippen LogP contribution >= 0.6 is 0 Å². The fraction of sp³-hybridized carbons (Fsp3) is 0.923. The van der Waals surface area contributed by atoms with Gasteiger partial charge in [-0.05, 0) is 25.7 Å². The molecule has 0 aromatic rings. The zero-order valence-electron chi connectivity index (χ0n) is 10.5. The Morgan fingerprint density at radius 3 is 2.59 bits per heavy atom. The van der Waals surface area contributed by atoms with E-state index in [0.29, 0.717) is 18.5 Å². The first-order valence-corrected chi connectivity index (χ1v) is 6.94. The van der Waals surface area contributed by atoms with Gasteiger partial charge in [-0.2, -0.15) is 0 Å². The fourth-order valence-electron chi connectivity index (χ4n) is 3.25. The van der Waals surface area contributed by atoms with Crippen LogP contribution in [0.3, 0.4) is 0 Å². The summed E-state index contributed by atoms with van der Waals surface area (Å²) >= 11 is 0. The topological polar surface area (TPSA) is 52.6 Å². The van der Waals surface area contributed by atoms with Gasteiger partial charge in [-0.15, -0.1) is 0 Å². The summed E-state index contributed by atoms with van der Waals surface area (Å²) in [5, 5.41) is 12.2. The second-order valence-corrected chi connectivity index (χ2v) is 5.25. The number of rotatable bonds is 4. The highest BCUT2D eigenvalue weighted by Gasteiger charge is 2.30. The third kappa shape index (κ3) is 3.42. The van der Waals surface area contributed by atoms with Crippen molar-refractivity contribution in [3.8, 4) is 0 Å². The van der Waals surface area contributed by atoms with E-state index in [0.717, 1.165) is 25.9 Å². The van der Waals surface area contributed by atoms with Crippen molar-refractivity contribution < 1.29 is 9.90 Å². The Morgan fingerprint density at radius 2 is 1.88 bits per heavy atom. The zero-order valence-corrected chi connectivity index (χ0v) is 10.5. The van der Waals surface area contributed by atoms with Crippen LogP contribution in [0.25, 0.3) is 0 Å². The molecule has 17 heavy (non-hydrogen) atoms. The third-order valence-corrected chi connectivity index (χ3v) is 4.08. The highest BCUT2D eigenvalue weighted by atomic mass is 16.3. The van der Waals surface area contributed by atoms with Gasteiger partial charge in [0, 0.05) is 31.6 Å². The highest BCUT2D eigenvalue weighted by Crippen LogP contribution is 2.27. The number of carbonyl (C=O) groups excluding carboxylic acids is 1. The predicted octanol–water partition coefficient (Wildman–Crippen LogP) is 0.892. The average Bonchev–Trinajstić information content (AvgIpc) is 2.75. The Balaban J connectivity index is 1.99. The molecule has 1 saturated carbocycles. The standard InChI is InChI=1S/C13H24N2O2/c16-9-8-15(11-4-1-2-5-11)12-6-3-7-14-13(17)10-12/h11-12,16H,1-10H2,(H,14,17). The molecule has 4 nitrogen and oxygen atoms in total. The second-order valence-electron chi connectivity index (χ2n) is 5.25. The van der Waals surface area contributed by atoms with Gasteiger partial charge in [-0.25, -0.2) is 0 Å². The van der Waals surface area contributed by atoms with Crippen LogP contribution in [0.1, 0.15) is 44.9 Å². The molecule has 2 fully saturated rings. The Kier molecular flexibility index (Phi) is 4.80. The van der Waals surface area contributed by atoms with Crippen LogP contribution in [0.4, 0.5) is 0 Å². The first-order chi connectivity index (χ1) is 8.31. The molecule has 0 radical (unpaired) electrons. The molecular formula is C13H24N2O2. The van der Waals surface area contributed by atoms with Crippen LogP contribution in [0, 0.1) is 0 Å². The highest BCUT2D eigenvalue weighted by molar-refractivity contribution is 5.76. The summed E-state index contributed by atoms with van der Waals surface area (Å²) in [4.78, 5) is 14.0. The van der Waals surface area contributed by atoms with Crippen molar-refractivity contribution in [3.63, 3.8) is 0 Å². The zero-order chi connectivity index (χ0) is 12.1. The molecule has 2 aliphatic rings. The van der Waals surface area contributed by atoms with Crippen molar-refractivity contribution in [2.75, 3.05) is 19.7 Å². The van der Waals surface area contributed by atoms with E-state index in [2.05, 4.69) is 10.2 Å². The molecule has 1 unspecified atom stereocenters. The van der Waals surface area contributed by atoms with E-state index in [4.69, 9.17) is 0 Å². The molecule has 2 rings (SSSR count). The molecule has 98 valence electrons. The first-order valence-electron chi connectivity index (χ1n) is 6.94. The normalized spacial score (nSPS) is 27.2. The molecule has 1 heterocycles. The Bertz CT molecular complexity index is 252. The number of amides is 1. The van der Waals surface area contributed by atoms with Crippen molar-refractivity contribution in [3.05, 3.63) is 0 Å². The lowest BCUT2D eigenvalue weighted by Gasteiger charge is -2.35. The second kappa shape index (κ2) is 6.36. The van der Waals surface area contributed by atoms with Gasteiger partial charge in [-0.3, -0.25) is 9.69 Å². The van der Waals surface area contributed by atoms with Gasteiger partial charge in [0.05, 0.1) is 6.61 Å². The summed E-state index contributed by atoms with van der Waals surface area (Å²) in [5.41, 5.74) is 0. The summed E-state index contributed by atoms with van der Waals surface area (Å²) in [5.74, 6) is 0.174. The maximum Gasteiger partial charge on any atom is 0.221 e. The summed E-state index contributed by atoms with van der Waals surface area (Å²) in [6.07, 6.45) is 7.81. The molecule has 2 N–H and O–H groups in total. The molecule has 1 saturated heterocycles. The summed E-state index contributed by atoms with van der Waals surface area (Å²) < 4.78 is 0. The van der Waals surface area contributed by atoms with E-state index < -0.39 is 0 Å². The Morgan fingerprint density at radius 1 is 1.18 bits per heavy atom. The van der Waals surface area contributed by atoms with E-state index in [1.807, 2.05) is 0 Å². The van der Waals surface area contributed by atoms with Crippen molar-refractivity contribution in [1.82, 2.24) is 10.2 Å². The molecule has 1 atom stereocenters. The number of nitrogens with one attached hydrogen (secondary N) is 1. The minimum absolute atomic E-state index is 0.174. The smallest absolute Gasteiger partial charge is 0.221 e. The summed E-state index contributed by atoms with van der Waals surface area (Å²) in [6, 6.07) is 0.936. The number of hydrogen-bond donors (Lipinski definition) is 2. The SMILES string of the molecule is O=C1CC(N(CCO)C2CCCC2)CCCN1. The van der Waals surface area contributed by atoms with Crippen LogP contribution in [0.2, 0.25) is 0 Å². The van der Waals surface area contributed by atoms with Crippen molar-refractivity contribution in [1.29, 1.82) is 0 Å². The largest absolute Gasteiger partial charge is 0.395 e. The van der Waals surface area contributed by atoms with E-state index >= 15 is 0 Å². The minimum atomic E-state index is 0.174. The van der Waals surface area contributed by atoms with Crippen LogP contribution < -0.4 is 5.32 Å². The number of hydrogen-bond acceptors (Lipinski definition) is 3. The average molecular weight is 240 g/mol. The molecule has 0 bridgehead atoms. The Hall–Kier alpha value is -0.610. The van der Waals surface area contributed by atoms with E-state index in [1.54, 1.807) is 0 Å². The lowest BCUT2D eigenvalue weighted by Crippen LogP contribution is -2.44. The van der Waals surface area contributed by atoms with E-state index in [9.17, 15) is 9.90 Å².